The summed E-state index contributed by atoms with van der Waals surface area (Å²) >= 11 is 1.41. The molecule has 4 aromatic carbocycles. The van der Waals surface area contributed by atoms with Crippen LogP contribution in [0.25, 0.3) is 5.69 Å². The van der Waals surface area contributed by atoms with E-state index < -0.39 is 23.8 Å². The zero-order chi connectivity index (χ0) is 30.4. The minimum atomic E-state index is -4.55. The van der Waals surface area contributed by atoms with Gasteiger partial charge in [0.05, 0.1) is 11.6 Å². The van der Waals surface area contributed by atoms with Crippen molar-refractivity contribution < 1.29 is 22.4 Å². The molecule has 220 valence electrons. The molecule has 2 N–H and O–H groups in total. The molecule has 0 radical (unpaired) electrons. The number of rotatable bonds is 9. The molecule has 6 nitrogen and oxygen atoms in total. The molecule has 1 atom stereocenters. The molecule has 0 aliphatic carbocycles. The zero-order valence-electron chi connectivity index (χ0n) is 23.0. The largest absolute Gasteiger partial charge is 0.416 e. The summed E-state index contributed by atoms with van der Waals surface area (Å²) in [5.74, 6) is 0.613. The Morgan fingerprint density at radius 2 is 1.60 bits per heavy atom. The summed E-state index contributed by atoms with van der Waals surface area (Å²) < 4.78 is 55.0. The van der Waals surface area contributed by atoms with Gasteiger partial charge in [-0.15, -0.1) is 10.2 Å². The Kier molecular flexibility index (Phi) is 9.10. The van der Waals surface area contributed by atoms with Gasteiger partial charge in [0, 0.05) is 23.5 Å². The molecule has 0 unspecified atom stereocenters. The summed E-state index contributed by atoms with van der Waals surface area (Å²) in [4.78, 5) is 13.2. The lowest BCUT2D eigenvalue weighted by Crippen LogP contribution is -2.35. The number of carbonyl (C=O) groups is 1. The van der Waals surface area contributed by atoms with Gasteiger partial charge in [-0.3, -0.25) is 4.57 Å². The van der Waals surface area contributed by atoms with Crippen molar-refractivity contribution in [3.05, 3.63) is 137 Å². The highest BCUT2D eigenvalue weighted by Gasteiger charge is 2.31. The van der Waals surface area contributed by atoms with Gasteiger partial charge in [0.15, 0.2) is 11.0 Å². The van der Waals surface area contributed by atoms with E-state index in [1.807, 2.05) is 66.1 Å². The molecular formula is C32H27F4N5OS. The molecule has 43 heavy (non-hydrogen) atoms. The van der Waals surface area contributed by atoms with E-state index in [2.05, 4.69) is 20.8 Å². The molecule has 5 aromatic rings. The molecule has 0 aliphatic rings. The van der Waals surface area contributed by atoms with Gasteiger partial charge < -0.3 is 10.6 Å². The topological polar surface area (TPSA) is 71.8 Å². The zero-order valence-corrected chi connectivity index (χ0v) is 23.8. The fourth-order valence-corrected chi connectivity index (χ4v) is 5.34. The predicted octanol–water partition coefficient (Wildman–Crippen LogP) is 8.13. The fourth-order valence-electron chi connectivity index (χ4n) is 4.42. The van der Waals surface area contributed by atoms with E-state index >= 15 is 0 Å². The van der Waals surface area contributed by atoms with Gasteiger partial charge in [-0.1, -0.05) is 78.0 Å². The number of amides is 2. The molecule has 2 amide bonds. The van der Waals surface area contributed by atoms with Crippen molar-refractivity contribution >= 4 is 23.5 Å². The van der Waals surface area contributed by atoms with E-state index in [1.165, 1.54) is 36.0 Å². The highest BCUT2D eigenvalue weighted by molar-refractivity contribution is 7.98. The Labute approximate surface area is 250 Å². The van der Waals surface area contributed by atoms with Gasteiger partial charge in [0.1, 0.15) is 5.82 Å². The first kappa shape index (κ1) is 29.8. The van der Waals surface area contributed by atoms with Crippen LogP contribution in [0.5, 0.6) is 0 Å². The molecule has 0 bridgehead atoms. The highest BCUT2D eigenvalue weighted by atomic mass is 32.2. The SMILES string of the molecule is Cc1ccc(-n2c(SCc3ccc(F)cc3)nnc2[C@H](Cc2ccccc2)NC(=O)Nc2cccc(C(F)(F)F)c2)cc1. The van der Waals surface area contributed by atoms with Crippen molar-refractivity contribution in [2.45, 2.75) is 36.5 Å². The Hall–Kier alpha value is -4.64. The summed E-state index contributed by atoms with van der Waals surface area (Å²) in [6.07, 6.45) is -4.21. The number of nitrogens with one attached hydrogen (secondary N) is 2. The van der Waals surface area contributed by atoms with E-state index in [-0.39, 0.29) is 11.5 Å². The predicted molar refractivity (Wildman–Crippen MR) is 159 cm³/mol. The first-order valence-corrected chi connectivity index (χ1v) is 14.3. The van der Waals surface area contributed by atoms with Crippen LogP contribution in [0.4, 0.5) is 28.0 Å². The number of carbonyl (C=O) groups excluding carboxylic acids is 1. The van der Waals surface area contributed by atoms with Gasteiger partial charge in [-0.25, -0.2) is 9.18 Å². The second kappa shape index (κ2) is 13.1. The normalized spacial score (nSPS) is 12.1. The quantitative estimate of drug-likeness (QED) is 0.131. The maximum atomic E-state index is 13.4. The lowest BCUT2D eigenvalue weighted by molar-refractivity contribution is -0.137. The van der Waals surface area contributed by atoms with Crippen LogP contribution in [0, 0.1) is 12.7 Å². The molecular weight excluding hydrogens is 578 g/mol. The van der Waals surface area contributed by atoms with Gasteiger partial charge in [-0.05, 0) is 60.5 Å². The number of hydrogen-bond acceptors (Lipinski definition) is 4. The van der Waals surface area contributed by atoms with E-state index in [0.717, 1.165) is 34.5 Å². The number of nitrogens with zero attached hydrogens (tertiary/aromatic N) is 3. The van der Waals surface area contributed by atoms with Crippen molar-refractivity contribution in [3.63, 3.8) is 0 Å². The van der Waals surface area contributed by atoms with Crippen molar-refractivity contribution in [1.29, 1.82) is 0 Å². The molecule has 0 fully saturated rings. The monoisotopic (exact) mass is 605 g/mol. The molecule has 0 saturated heterocycles. The molecule has 0 spiro atoms. The third-order valence-corrected chi connectivity index (χ3v) is 7.58. The maximum absolute atomic E-state index is 13.4. The van der Waals surface area contributed by atoms with Crippen LogP contribution in [-0.2, 0) is 18.3 Å². The van der Waals surface area contributed by atoms with Gasteiger partial charge in [0.25, 0.3) is 0 Å². The summed E-state index contributed by atoms with van der Waals surface area (Å²) in [5.41, 5.74) is 2.76. The van der Waals surface area contributed by atoms with Crippen LogP contribution in [-0.4, -0.2) is 20.8 Å². The lowest BCUT2D eigenvalue weighted by atomic mass is 10.1. The number of hydrogen-bond donors (Lipinski definition) is 2. The number of alkyl halides is 3. The third kappa shape index (κ3) is 7.81. The van der Waals surface area contributed by atoms with E-state index in [0.29, 0.717) is 23.2 Å². The number of aryl methyl sites for hydroxylation is 1. The van der Waals surface area contributed by atoms with Crippen LogP contribution >= 0.6 is 11.8 Å². The second-order valence-electron chi connectivity index (χ2n) is 9.85. The van der Waals surface area contributed by atoms with Crippen molar-refractivity contribution in [2.75, 3.05) is 5.32 Å². The van der Waals surface area contributed by atoms with Crippen LogP contribution in [0.3, 0.4) is 0 Å². The van der Waals surface area contributed by atoms with E-state index in [1.54, 1.807) is 12.1 Å². The van der Waals surface area contributed by atoms with Crippen LogP contribution in [0.15, 0.2) is 108 Å². The van der Waals surface area contributed by atoms with Gasteiger partial charge in [0.2, 0.25) is 0 Å². The van der Waals surface area contributed by atoms with Crippen molar-refractivity contribution in [2.24, 2.45) is 0 Å². The average Bonchev–Trinajstić information content (AvgIpc) is 3.41. The van der Waals surface area contributed by atoms with Gasteiger partial charge >= 0.3 is 12.2 Å². The Morgan fingerprint density at radius 1 is 0.884 bits per heavy atom. The number of urea groups is 1. The summed E-state index contributed by atoms with van der Waals surface area (Å²) in [6, 6.07) is 26.5. The second-order valence-corrected chi connectivity index (χ2v) is 10.8. The summed E-state index contributed by atoms with van der Waals surface area (Å²) in [7, 11) is 0. The van der Waals surface area contributed by atoms with Gasteiger partial charge in [-0.2, -0.15) is 13.2 Å². The Bertz CT molecular complexity index is 1670. The number of thioether (sulfide) groups is 1. The number of halogens is 4. The van der Waals surface area contributed by atoms with Crippen LogP contribution in [0.1, 0.15) is 34.1 Å². The molecule has 0 aliphatic heterocycles. The molecule has 11 heteroatoms. The fraction of sp³-hybridized carbons (Fsp3) is 0.156. The Morgan fingerprint density at radius 3 is 2.30 bits per heavy atom. The molecule has 1 heterocycles. The van der Waals surface area contributed by atoms with Crippen LogP contribution in [0.2, 0.25) is 0 Å². The molecule has 1 aromatic heterocycles. The highest BCUT2D eigenvalue weighted by Crippen LogP contribution is 2.31. The van der Waals surface area contributed by atoms with E-state index in [4.69, 9.17) is 0 Å². The lowest BCUT2D eigenvalue weighted by Gasteiger charge is -2.21. The summed E-state index contributed by atoms with van der Waals surface area (Å²) in [6.45, 7) is 1.97. The third-order valence-electron chi connectivity index (χ3n) is 6.58. The average molecular weight is 606 g/mol. The maximum Gasteiger partial charge on any atom is 0.416 e. The van der Waals surface area contributed by atoms with Crippen molar-refractivity contribution in [3.8, 4) is 5.69 Å². The number of benzene rings is 4. The van der Waals surface area contributed by atoms with Crippen LogP contribution < -0.4 is 10.6 Å². The minimum Gasteiger partial charge on any atom is -0.327 e. The number of aromatic nitrogens is 3. The summed E-state index contributed by atoms with van der Waals surface area (Å²) in [5, 5.41) is 14.9. The first-order chi connectivity index (χ1) is 20.7. The first-order valence-electron chi connectivity index (χ1n) is 13.3. The standard InChI is InChI=1S/C32H27F4N5OS/c1-21-10-16-27(17-11-21)41-29(39-40-31(41)43-20-23-12-14-25(33)15-13-23)28(18-22-6-3-2-4-7-22)38-30(42)37-26-9-5-8-24(19-26)32(34,35)36/h2-17,19,28H,18,20H2,1H3,(H2,37,38,42)/t28-/m0/s1. The van der Waals surface area contributed by atoms with Crippen molar-refractivity contribution in [1.82, 2.24) is 20.1 Å². The molecule has 5 rings (SSSR count). The molecule has 0 saturated carbocycles. The number of anilines is 1. The van der Waals surface area contributed by atoms with E-state index in [9.17, 15) is 22.4 Å². The smallest absolute Gasteiger partial charge is 0.327 e. The Balaban J connectivity index is 1.48. The minimum absolute atomic E-state index is 0.00123.